The minimum Gasteiger partial charge on any atom is -0.487 e. The number of carbonyl (C=O) groups excluding carboxylic acids is 3. The molecule has 2 aromatic carbocycles. The van der Waals surface area contributed by atoms with Gasteiger partial charge < -0.3 is 34.5 Å². The van der Waals surface area contributed by atoms with Crippen LogP contribution < -0.4 is 10.5 Å². The quantitative estimate of drug-likeness (QED) is 0.281. The third-order valence-electron chi connectivity index (χ3n) is 7.09. The van der Waals surface area contributed by atoms with Crippen LogP contribution in [0.2, 0.25) is 5.02 Å². The molecule has 10 nitrogen and oxygen atoms in total. The number of ether oxygens (including phenoxy) is 4. The maximum absolute atomic E-state index is 13.1. The molecular weight excluding hydrogens is 550 g/mol. The van der Waals surface area contributed by atoms with Crippen LogP contribution in [0.4, 0.5) is 0 Å². The zero-order valence-electron chi connectivity index (χ0n) is 23.4. The van der Waals surface area contributed by atoms with Crippen LogP contribution >= 0.6 is 11.6 Å². The fourth-order valence-corrected chi connectivity index (χ4v) is 5.14. The molecule has 11 heteroatoms. The number of hydrogen-bond donors (Lipinski definition) is 1. The van der Waals surface area contributed by atoms with Crippen LogP contribution in [0.5, 0.6) is 5.75 Å². The van der Waals surface area contributed by atoms with Crippen molar-refractivity contribution in [1.82, 2.24) is 9.80 Å². The molecule has 41 heavy (non-hydrogen) atoms. The van der Waals surface area contributed by atoms with Gasteiger partial charge in [0, 0.05) is 50.3 Å². The largest absolute Gasteiger partial charge is 0.487 e. The summed E-state index contributed by atoms with van der Waals surface area (Å²) in [5, 5.41) is 0.560. The van der Waals surface area contributed by atoms with Crippen molar-refractivity contribution >= 4 is 29.4 Å². The third kappa shape index (κ3) is 8.42. The van der Waals surface area contributed by atoms with Gasteiger partial charge in [-0.2, -0.15) is 0 Å². The number of fused-ring (bicyclic) bond motifs is 1. The Bertz CT molecular complexity index is 1200. The Morgan fingerprint density at radius 2 is 1.59 bits per heavy atom. The Hall–Kier alpha value is -3.18. The monoisotopic (exact) mass is 587 g/mol. The first-order chi connectivity index (χ1) is 19.9. The van der Waals surface area contributed by atoms with Gasteiger partial charge in [0.05, 0.1) is 50.9 Å². The van der Waals surface area contributed by atoms with Gasteiger partial charge >= 0.3 is 5.97 Å². The number of rotatable bonds is 13. The van der Waals surface area contributed by atoms with Gasteiger partial charge in [0.25, 0.3) is 5.91 Å². The average Bonchev–Trinajstić information content (AvgIpc) is 3.42. The van der Waals surface area contributed by atoms with Gasteiger partial charge in [0.2, 0.25) is 5.91 Å². The fraction of sp³-hybridized carbons (Fsp3) is 0.500. The van der Waals surface area contributed by atoms with Crippen molar-refractivity contribution in [1.29, 1.82) is 0 Å². The van der Waals surface area contributed by atoms with E-state index in [1.165, 1.54) is 0 Å². The summed E-state index contributed by atoms with van der Waals surface area (Å²) in [6.45, 7) is 5.75. The highest BCUT2D eigenvalue weighted by Gasteiger charge is 2.26. The predicted molar refractivity (Wildman–Crippen MR) is 154 cm³/mol. The number of nitrogens with zero attached hydrogens (tertiary/aromatic N) is 2. The van der Waals surface area contributed by atoms with E-state index in [0.717, 1.165) is 23.1 Å². The number of piperazine rings is 1. The number of benzene rings is 2. The van der Waals surface area contributed by atoms with E-state index < -0.39 is 0 Å². The van der Waals surface area contributed by atoms with Crippen molar-refractivity contribution in [3.63, 3.8) is 0 Å². The zero-order chi connectivity index (χ0) is 29.2. The minimum atomic E-state index is -0.284. The molecule has 2 aliphatic rings. The summed E-state index contributed by atoms with van der Waals surface area (Å²) < 4.78 is 21.4. The van der Waals surface area contributed by atoms with E-state index in [4.69, 9.17) is 36.3 Å². The van der Waals surface area contributed by atoms with Gasteiger partial charge in [-0.25, -0.2) is 0 Å². The van der Waals surface area contributed by atoms with Gasteiger partial charge in [-0.3, -0.25) is 14.4 Å². The van der Waals surface area contributed by atoms with Crippen LogP contribution in [0.25, 0.3) is 11.1 Å². The van der Waals surface area contributed by atoms with Crippen LogP contribution in [-0.2, 0) is 30.2 Å². The molecule has 2 aromatic rings. The van der Waals surface area contributed by atoms with Gasteiger partial charge in [-0.1, -0.05) is 23.7 Å². The molecule has 2 N–H and O–H groups in total. The summed E-state index contributed by atoms with van der Waals surface area (Å²) in [6, 6.07) is 11.4. The van der Waals surface area contributed by atoms with Crippen LogP contribution in [0.1, 0.15) is 35.7 Å². The number of amides is 2. The number of carbonyl (C=O) groups is 3. The Morgan fingerprint density at radius 1 is 0.927 bits per heavy atom. The Balaban J connectivity index is 1.16. The molecule has 1 fully saturated rings. The minimum absolute atomic E-state index is 0.000807. The van der Waals surface area contributed by atoms with Crippen LogP contribution in [0.15, 0.2) is 36.4 Å². The van der Waals surface area contributed by atoms with E-state index in [2.05, 4.69) is 6.07 Å². The van der Waals surface area contributed by atoms with E-state index >= 15 is 0 Å². The smallest absolute Gasteiger partial charge is 0.308 e. The molecule has 2 heterocycles. The summed E-state index contributed by atoms with van der Waals surface area (Å²) in [7, 11) is 0. The molecule has 0 saturated carbocycles. The summed E-state index contributed by atoms with van der Waals surface area (Å²) in [6.07, 6.45) is 1.15. The molecule has 2 amide bonds. The normalized spacial score (nSPS) is 16.3. The molecule has 4 rings (SSSR count). The molecule has 1 saturated heterocycles. The Morgan fingerprint density at radius 3 is 2.24 bits per heavy atom. The molecule has 0 aliphatic carbocycles. The van der Waals surface area contributed by atoms with Crippen molar-refractivity contribution in [3.8, 4) is 16.9 Å². The lowest BCUT2D eigenvalue weighted by molar-refractivity contribution is -0.144. The first kappa shape index (κ1) is 30.8. The second kappa shape index (κ2) is 15.2. The second-order valence-electron chi connectivity index (χ2n) is 9.91. The maximum Gasteiger partial charge on any atom is 0.308 e. The standard InChI is InChI=1S/C30H38ClN3O7/c1-2-40-28(36)8-14-39-16-15-38-13-7-27(35)33-9-11-34(12-10-33)30(37)22-5-3-21(4-6-22)23-17-24-18-25(20-32)41-29(24)26(31)19-23/h3-6,17,19,25H,2,7-16,18,20,32H2,1H3. The molecule has 0 radical (unpaired) electrons. The molecule has 222 valence electrons. The van der Waals surface area contributed by atoms with E-state index in [-0.39, 0.29) is 43.3 Å². The van der Waals surface area contributed by atoms with Crippen LogP contribution in [0, 0.1) is 0 Å². The number of esters is 1. The second-order valence-corrected chi connectivity index (χ2v) is 10.3. The Kier molecular flexibility index (Phi) is 11.4. The molecule has 0 spiro atoms. The Labute approximate surface area is 245 Å². The van der Waals surface area contributed by atoms with Crippen LogP contribution in [0.3, 0.4) is 0 Å². The van der Waals surface area contributed by atoms with Gasteiger partial charge in [-0.05, 0) is 42.3 Å². The molecule has 0 aromatic heterocycles. The molecule has 0 bridgehead atoms. The predicted octanol–water partition coefficient (Wildman–Crippen LogP) is 2.93. The molecule has 1 atom stereocenters. The molecule has 2 aliphatic heterocycles. The topological polar surface area (TPSA) is 121 Å². The van der Waals surface area contributed by atoms with E-state index in [0.29, 0.717) is 75.5 Å². The lowest BCUT2D eigenvalue weighted by Crippen LogP contribution is -2.50. The number of hydrogen-bond acceptors (Lipinski definition) is 8. The highest BCUT2D eigenvalue weighted by Crippen LogP contribution is 2.39. The lowest BCUT2D eigenvalue weighted by Gasteiger charge is -2.35. The van der Waals surface area contributed by atoms with Crippen molar-refractivity contribution < 1.29 is 33.3 Å². The van der Waals surface area contributed by atoms with Crippen molar-refractivity contribution in [2.75, 3.05) is 65.8 Å². The first-order valence-electron chi connectivity index (χ1n) is 14.1. The number of halogens is 1. The molecule has 1 unspecified atom stereocenters. The summed E-state index contributed by atoms with van der Waals surface area (Å²) in [5.74, 6) is 0.367. The maximum atomic E-state index is 13.1. The summed E-state index contributed by atoms with van der Waals surface area (Å²) in [4.78, 5) is 40.4. The third-order valence-corrected chi connectivity index (χ3v) is 7.37. The first-order valence-corrected chi connectivity index (χ1v) is 14.4. The SMILES string of the molecule is CCOC(=O)CCOCCOCCC(=O)N1CCN(C(=O)c2ccc(-c3cc(Cl)c4c(c3)CC(CN)O4)cc2)CC1. The summed E-state index contributed by atoms with van der Waals surface area (Å²) >= 11 is 6.46. The van der Waals surface area contributed by atoms with Gasteiger partial charge in [-0.15, -0.1) is 0 Å². The zero-order valence-corrected chi connectivity index (χ0v) is 24.2. The van der Waals surface area contributed by atoms with Crippen molar-refractivity contribution in [2.45, 2.75) is 32.3 Å². The summed E-state index contributed by atoms with van der Waals surface area (Å²) in [5.41, 5.74) is 9.32. The van der Waals surface area contributed by atoms with Crippen molar-refractivity contribution in [3.05, 3.63) is 52.5 Å². The highest BCUT2D eigenvalue weighted by atomic mass is 35.5. The van der Waals surface area contributed by atoms with Crippen LogP contribution in [-0.4, -0.2) is 99.4 Å². The highest BCUT2D eigenvalue weighted by molar-refractivity contribution is 6.32. The van der Waals surface area contributed by atoms with E-state index in [1.54, 1.807) is 16.7 Å². The molecular formula is C30H38ClN3O7. The van der Waals surface area contributed by atoms with E-state index in [9.17, 15) is 14.4 Å². The fourth-order valence-electron chi connectivity index (χ4n) is 4.86. The average molecular weight is 588 g/mol. The van der Waals surface area contributed by atoms with Gasteiger partial charge in [0.1, 0.15) is 11.9 Å². The van der Waals surface area contributed by atoms with E-state index in [1.807, 2.05) is 30.3 Å². The lowest BCUT2D eigenvalue weighted by atomic mass is 9.99. The number of nitrogens with two attached hydrogens (primary N) is 1. The van der Waals surface area contributed by atoms with Crippen molar-refractivity contribution in [2.24, 2.45) is 5.73 Å². The van der Waals surface area contributed by atoms with Gasteiger partial charge in [0.15, 0.2) is 0 Å².